The fourth-order valence-corrected chi connectivity index (χ4v) is 2.49. The van der Waals surface area contributed by atoms with Crippen molar-refractivity contribution < 1.29 is 24.3 Å². The lowest BCUT2D eigenvalue weighted by Gasteiger charge is -2.19. The minimum Gasteiger partial charge on any atom is -0.493 e. The molecule has 0 aliphatic carbocycles. The molecule has 12 nitrogen and oxygen atoms in total. The number of non-ortho nitro benzene ring substituents is 1. The zero-order valence-electron chi connectivity index (χ0n) is 15.0. The summed E-state index contributed by atoms with van der Waals surface area (Å²) in [4.78, 5) is 36.1. The maximum Gasteiger partial charge on any atom is 0.344 e. The number of methoxy groups -OCH3 is 1. The number of nitrogens with one attached hydrogen (secondary N) is 1. The van der Waals surface area contributed by atoms with E-state index < -0.39 is 33.8 Å². The molecule has 4 N–H and O–H groups in total. The van der Waals surface area contributed by atoms with Crippen molar-refractivity contribution in [1.82, 2.24) is 4.98 Å². The van der Waals surface area contributed by atoms with E-state index in [4.69, 9.17) is 20.3 Å². The highest BCUT2D eigenvalue weighted by Gasteiger charge is 2.28. The summed E-state index contributed by atoms with van der Waals surface area (Å²) in [5, 5.41) is 39.4. The number of nitrogens with two attached hydrogens (primary N) is 1. The van der Waals surface area contributed by atoms with Gasteiger partial charge in [0.1, 0.15) is 29.1 Å². The van der Waals surface area contributed by atoms with Crippen LogP contribution in [0.4, 0.5) is 11.5 Å². The average molecular weight is 399 g/mol. The van der Waals surface area contributed by atoms with Crippen LogP contribution >= 0.6 is 0 Å². The number of aliphatic carboxylic acids is 1. The number of carboxylic acid groups (broad SMARTS) is 1. The number of nitrogen functional groups attached to an aromatic ring is 1. The van der Waals surface area contributed by atoms with E-state index in [1.165, 1.54) is 6.92 Å². The fraction of sp³-hybridized carbons (Fsp3) is 0.176. The lowest BCUT2D eigenvalue weighted by atomic mass is 9.95. The van der Waals surface area contributed by atoms with Crippen LogP contribution in [0.15, 0.2) is 16.9 Å². The molecule has 0 aliphatic heterocycles. The first-order chi connectivity index (χ1) is 13.7. The number of benzene rings is 1. The van der Waals surface area contributed by atoms with Crippen molar-refractivity contribution in [3.05, 3.63) is 43.7 Å². The molecule has 12 heteroatoms. The highest BCUT2D eigenvalue weighted by atomic mass is 16.6. The summed E-state index contributed by atoms with van der Waals surface area (Å²) in [7, 11) is 1.16. The summed E-state index contributed by atoms with van der Waals surface area (Å²) in [6, 6.07) is 5.25. The number of hydrogen-bond donors (Lipinski definition) is 3. The minimum absolute atomic E-state index is 0.242. The third-order valence-corrected chi connectivity index (χ3v) is 3.85. The van der Waals surface area contributed by atoms with Gasteiger partial charge < -0.3 is 25.3 Å². The summed E-state index contributed by atoms with van der Waals surface area (Å²) in [5.74, 6) is -2.29. The largest absolute Gasteiger partial charge is 0.493 e. The molecule has 0 fully saturated rings. The van der Waals surface area contributed by atoms with E-state index >= 15 is 0 Å². The van der Waals surface area contributed by atoms with Gasteiger partial charge >= 0.3 is 5.97 Å². The molecule has 0 bridgehead atoms. The molecule has 0 spiro atoms. The van der Waals surface area contributed by atoms with Gasteiger partial charge in [0.05, 0.1) is 18.1 Å². The molecule has 0 amide bonds. The van der Waals surface area contributed by atoms with Crippen LogP contribution in [0.1, 0.15) is 18.1 Å². The van der Waals surface area contributed by atoms with Gasteiger partial charge in [-0.05, 0) is 6.92 Å². The number of nitro benzene ring substituents is 1. The molecule has 1 unspecified atom stereocenters. The number of aromatic nitrogens is 1. The number of pyridine rings is 1. The molecule has 148 valence electrons. The van der Waals surface area contributed by atoms with E-state index in [0.29, 0.717) is 0 Å². The van der Waals surface area contributed by atoms with Crippen LogP contribution in [0.25, 0.3) is 11.1 Å². The third kappa shape index (κ3) is 3.77. The van der Waals surface area contributed by atoms with Crippen LogP contribution in [-0.4, -0.2) is 34.2 Å². The number of nitrogens with zero attached hydrogens (tertiary/aromatic N) is 3. The zero-order chi connectivity index (χ0) is 21.9. The molecule has 0 aliphatic rings. The number of carboxylic acids is 1. The molecule has 0 radical (unpaired) electrons. The number of nitro groups is 1. The van der Waals surface area contributed by atoms with Crippen molar-refractivity contribution in [2.24, 2.45) is 0 Å². The smallest absolute Gasteiger partial charge is 0.344 e. The topological polar surface area (TPSA) is 205 Å². The van der Waals surface area contributed by atoms with Gasteiger partial charge in [0.2, 0.25) is 0 Å². The Morgan fingerprint density at radius 3 is 2.45 bits per heavy atom. The number of anilines is 1. The van der Waals surface area contributed by atoms with Crippen molar-refractivity contribution >= 4 is 17.5 Å². The van der Waals surface area contributed by atoms with Gasteiger partial charge in [0.25, 0.3) is 11.2 Å². The standard InChI is InChI=1S/C17H13N5O7/c1-7(17(24)25)29-14-9(3-8(22(26)27)4-12(14)28-2)13-10(5-18)15(20)21-16(23)11(13)6-19/h3-4,7H,1-2H3,(H,24,25)(H3,20,21,23). The molecule has 1 atom stereocenters. The van der Waals surface area contributed by atoms with E-state index in [9.17, 15) is 30.2 Å². The van der Waals surface area contributed by atoms with Crippen molar-refractivity contribution in [3.8, 4) is 34.8 Å². The minimum atomic E-state index is -1.43. The molecule has 29 heavy (non-hydrogen) atoms. The Bertz CT molecular complexity index is 1160. The van der Waals surface area contributed by atoms with Gasteiger partial charge in [-0.25, -0.2) is 4.79 Å². The Balaban J connectivity index is 3.06. The number of rotatable bonds is 6. The summed E-state index contributed by atoms with van der Waals surface area (Å²) in [6.45, 7) is 1.19. The van der Waals surface area contributed by atoms with Crippen LogP contribution in [0.2, 0.25) is 0 Å². The van der Waals surface area contributed by atoms with E-state index in [1.807, 2.05) is 0 Å². The Kier molecular flexibility index (Phi) is 5.70. The van der Waals surface area contributed by atoms with Gasteiger partial charge in [-0.2, -0.15) is 10.5 Å². The number of ether oxygens (including phenoxy) is 2. The lowest BCUT2D eigenvalue weighted by molar-refractivity contribution is -0.384. The molecule has 0 saturated carbocycles. The second-order valence-corrected chi connectivity index (χ2v) is 5.60. The molecule has 0 saturated heterocycles. The van der Waals surface area contributed by atoms with Gasteiger partial charge in [0.15, 0.2) is 17.6 Å². The SMILES string of the molecule is COc1cc([N+](=O)[O-])cc(-c2c(C#N)c(N)[nH]c(=O)c2C#N)c1OC(C)C(=O)O. The maximum atomic E-state index is 12.2. The second-order valence-electron chi connectivity index (χ2n) is 5.60. The first-order valence-corrected chi connectivity index (χ1v) is 7.78. The predicted molar refractivity (Wildman–Crippen MR) is 97.3 cm³/mol. The van der Waals surface area contributed by atoms with Crippen LogP contribution < -0.4 is 20.8 Å². The van der Waals surface area contributed by atoms with E-state index in [-0.39, 0.29) is 34.0 Å². The predicted octanol–water partition coefficient (Wildman–Crippen LogP) is 1.14. The summed E-state index contributed by atoms with van der Waals surface area (Å²) >= 11 is 0. The number of aromatic amines is 1. The number of H-pyrrole nitrogens is 1. The van der Waals surface area contributed by atoms with Gasteiger partial charge in [-0.15, -0.1) is 0 Å². The van der Waals surface area contributed by atoms with E-state index in [0.717, 1.165) is 19.2 Å². The van der Waals surface area contributed by atoms with Crippen LogP contribution in [-0.2, 0) is 4.79 Å². The van der Waals surface area contributed by atoms with Crippen LogP contribution in [0.3, 0.4) is 0 Å². The normalized spacial score (nSPS) is 11.0. The number of nitriles is 2. The Hall–Kier alpha value is -4.58. The number of carbonyl (C=O) groups is 1. The van der Waals surface area contributed by atoms with Crippen LogP contribution in [0.5, 0.6) is 11.5 Å². The van der Waals surface area contributed by atoms with Crippen molar-refractivity contribution in [3.63, 3.8) is 0 Å². The van der Waals surface area contributed by atoms with Gasteiger partial charge in [0, 0.05) is 17.2 Å². The highest BCUT2D eigenvalue weighted by molar-refractivity contribution is 5.87. The highest BCUT2D eigenvalue weighted by Crippen LogP contribution is 2.44. The van der Waals surface area contributed by atoms with Crippen molar-refractivity contribution in [1.29, 1.82) is 10.5 Å². The average Bonchev–Trinajstić information content (AvgIpc) is 2.67. The summed E-state index contributed by atoms with van der Waals surface area (Å²) in [6.07, 6.45) is -1.43. The fourth-order valence-electron chi connectivity index (χ4n) is 2.49. The summed E-state index contributed by atoms with van der Waals surface area (Å²) in [5.41, 5.74) is 2.69. The molecular formula is C17H13N5O7. The third-order valence-electron chi connectivity index (χ3n) is 3.85. The maximum absolute atomic E-state index is 12.2. The molecule has 2 rings (SSSR count). The molecule has 2 aromatic rings. The Labute approximate surface area is 162 Å². The van der Waals surface area contributed by atoms with Gasteiger partial charge in [-0.3, -0.25) is 14.9 Å². The molecule has 1 aromatic carbocycles. The zero-order valence-corrected chi connectivity index (χ0v) is 15.0. The second kappa shape index (κ2) is 7.98. The van der Waals surface area contributed by atoms with E-state index in [1.54, 1.807) is 12.1 Å². The first kappa shape index (κ1) is 20.7. The van der Waals surface area contributed by atoms with Gasteiger partial charge in [-0.1, -0.05) is 0 Å². The van der Waals surface area contributed by atoms with Crippen molar-refractivity contribution in [2.75, 3.05) is 12.8 Å². The van der Waals surface area contributed by atoms with Crippen LogP contribution in [0, 0.1) is 32.8 Å². The quantitative estimate of drug-likeness (QED) is 0.466. The first-order valence-electron chi connectivity index (χ1n) is 7.78. The van der Waals surface area contributed by atoms with E-state index in [2.05, 4.69) is 4.98 Å². The Morgan fingerprint density at radius 1 is 1.34 bits per heavy atom. The monoisotopic (exact) mass is 399 g/mol. The molecular weight excluding hydrogens is 386 g/mol. The van der Waals surface area contributed by atoms with Crippen molar-refractivity contribution in [2.45, 2.75) is 13.0 Å². The Morgan fingerprint density at radius 2 is 1.97 bits per heavy atom. The lowest BCUT2D eigenvalue weighted by Crippen LogP contribution is -2.24. The summed E-state index contributed by atoms with van der Waals surface area (Å²) < 4.78 is 10.5. The molecule has 1 aromatic heterocycles. The number of hydrogen-bond acceptors (Lipinski definition) is 9. The molecule has 1 heterocycles.